The molecule has 0 radical (unpaired) electrons. The zero-order valence-corrected chi connectivity index (χ0v) is 11.3. The molecule has 0 bridgehead atoms. The highest BCUT2D eigenvalue weighted by atomic mass is 35.5. The minimum Gasteiger partial charge on any atom is -0.236 e. The first kappa shape index (κ1) is 13.0. The molecular weight excluding hydrogens is 251 g/mol. The van der Waals surface area contributed by atoms with Gasteiger partial charge >= 0.3 is 0 Å². The average molecular weight is 265 g/mol. The van der Waals surface area contributed by atoms with Crippen LogP contribution in [0.15, 0.2) is 24.5 Å². The predicted octanol–water partition coefficient (Wildman–Crippen LogP) is 4.37. The lowest BCUT2D eigenvalue weighted by Gasteiger charge is -2.13. The molecule has 0 aliphatic heterocycles. The van der Waals surface area contributed by atoms with E-state index in [4.69, 9.17) is 11.6 Å². The molecule has 1 aromatic carbocycles. The van der Waals surface area contributed by atoms with Gasteiger partial charge in [0, 0.05) is 11.1 Å². The molecule has 0 saturated carbocycles. The number of hydrogen-bond acceptors (Lipinski definition) is 2. The molecule has 0 aliphatic carbocycles. The molecule has 2 nitrogen and oxygen atoms in total. The SMILES string of the molecule is Cc1ccc(-c2ncnc(Cl)c2C(C)C)cc1F. The Kier molecular flexibility index (Phi) is 3.62. The van der Waals surface area contributed by atoms with E-state index in [0.717, 1.165) is 11.1 Å². The van der Waals surface area contributed by atoms with Gasteiger partial charge in [0.25, 0.3) is 0 Å². The van der Waals surface area contributed by atoms with Gasteiger partial charge in [-0.15, -0.1) is 0 Å². The standard InChI is InChI=1S/C14H14ClFN2/c1-8(2)12-13(17-7-18-14(12)15)10-5-4-9(3)11(16)6-10/h4-8H,1-3H3. The van der Waals surface area contributed by atoms with Gasteiger partial charge in [-0.2, -0.15) is 0 Å². The zero-order chi connectivity index (χ0) is 13.3. The Bertz CT molecular complexity index is 582. The predicted molar refractivity (Wildman–Crippen MR) is 71.3 cm³/mol. The van der Waals surface area contributed by atoms with E-state index in [0.29, 0.717) is 16.4 Å². The lowest BCUT2D eigenvalue weighted by atomic mass is 9.98. The molecule has 0 aliphatic rings. The molecular formula is C14H14ClFN2. The minimum atomic E-state index is -0.239. The molecule has 0 saturated heterocycles. The van der Waals surface area contributed by atoms with Crippen molar-refractivity contribution in [2.24, 2.45) is 0 Å². The van der Waals surface area contributed by atoms with E-state index in [9.17, 15) is 4.39 Å². The van der Waals surface area contributed by atoms with Crippen molar-refractivity contribution in [2.75, 3.05) is 0 Å². The van der Waals surface area contributed by atoms with Crippen molar-refractivity contribution in [1.29, 1.82) is 0 Å². The Morgan fingerprint density at radius 1 is 1.22 bits per heavy atom. The smallest absolute Gasteiger partial charge is 0.136 e. The summed E-state index contributed by atoms with van der Waals surface area (Å²) in [5.41, 5.74) is 2.89. The second-order valence-corrected chi connectivity index (χ2v) is 4.90. The van der Waals surface area contributed by atoms with Crippen LogP contribution in [-0.4, -0.2) is 9.97 Å². The maximum Gasteiger partial charge on any atom is 0.136 e. The Balaban J connectivity index is 2.63. The molecule has 0 amide bonds. The highest BCUT2D eigenvalue weighted by Crippen LogP contribution is 2.32. The van der Waals surface area contributed by atoms with E-state index < -0.39 is 0 Å². The Hall–Kier alpha value is -1.48. The molecule has 0 atom stereocenters. The number of aryl methyl sites for hydroxylation is 1. The van der Waals surface area contributed by atoms with E-state index in [2.05, 4.69) is 9.97 Å². The van der Waals surface area contributed by atoms with Crippen molar-refractivity contribution >= 4 is 11.6 Å². The summed E-state index contributed by atoms with van der Waals surface area (Å²) >= 11 is 6.10. The molecule has 2 aromatic rings. The monoisotopic (exact) mass is 264 g/mol. The van der Waals surface area contributed by atoms with Gasteiger partial charge in [0.05, 0.1) is 5.69 Å². The molecule has 0 unspecified atom stereocenters. The first-order valence-electron chi connectivity index (χ1n) is 5.77. The van der Waals surface area contributed by atoms with Crippen LogP contribution in [0.3, 0.4) is 0 Å². The summed E-state index contributed by atoms with van der Waals surface area (Å²) in [6.45, 7) is 5.76. The van der Waals surface area contributed by atoms with Crippen molar-refractivity contribution < 1.29 is 4.39 Å². The fraction of sp³-hybridized carbons (Fsp3) is 0.286. The Morgan fingerprint density at radius 3 is 2.56 bits per heavy atom. The van der Waals surface area contributed by atoms with Crippen LogP contribution in [0.2, 0.25) is 5.15 Å². The minimum absolute atomic E-state index is 0.179. The third kappa shape index (κ3) is 2.36. The molecule has 0 N–H and O–H groups in total. The summed E-state index contributed by atoms with van der Waals surface area (Å²) in [4.78, 5) is 8.23. The molecule has 18 heavy (non-hydrogen) atoms. The van der Waals surface area contributed by atoms with Crippen molar-refractivity contribution in [2.45, 2.75) is 26.7 Å². The summed E-state index contributed by atoms with van der Waals surface area (Å²) in [7, 11) is 0. The third-order valence-electron chi connectivity index (χ3n) is 2.86. The number of benzene rings is 1. The van der Waals surface area contributed by atoms with Crippen LogP contribution >= 0.6 is 11.6 Å². The quantitative estimate of drug-likeness (QED) is 0.753. The van der Waals surface area contributed by atoms with E-state index in [1.54, 1.807) is 13.0 Å². The summed E-state index contributed by atoms with van der Waals surface area (Å²) < 4.78 is 13.6. The van der Waals surface area contributed by atoms with E-state index >= 15 is 0 Å². The maximum atomic E-state index is 13.6. The van der Waals surface area contributed by atoms with Crippen molar-refractivity contribution in [3.8, 4) is 11.3 Å². The topological polar surface area (TPSA) is 25.8 Å². The van der Waals surface area contributed by atoms with Gasteiger partial charge in [-0.3, -0.25) is 0 Å². The number of aromatic nitrogens is 2. The van der Waals surface area contributed by atoms with E-state index in [-0.39, 0.29) is 11.7 Å². The van der Waals surface area contributed by atoms with Gasteiger partial charge in [-0.1, -0.05) is 37.6 Å². The fourth-order valence-corrected chi connectivity index (χ4v) is 2.21. The van der Waals surface area contributed by atoms with Crippen LogP contribution in [0, 0.1) is 12.7 Å². The molecule has 2 rings (SSSR count). The maximum absolute atomic E-state index is 13.6. The van der Waals surface area contributed by atoms with Crippen LogP contribution < -0.4 is 0 Å². The summed E-state index contributed by atoms with van der Waals surface area (Å²) in [6, 6.07) is 5.08. The molecule has 1 heterocycles. The van der Waals surface area contributed by atoms with Crippen LogP contribution in [-0.2, 0) is 0 Å². The van der Waals surface area contributed by atoms with Crippen molar-refractivity contribution in [3.63, 3.8) is 0 Å². The first-order valence-corrected chi connectivity index (χ1v) is 6.15. The van der Waals surface area contributed by atoms with Crippen LogP contribution in [0.25, 0.3) is 11.3 Å². The van der Waals surface area contributed by atoms with Gasteiger partial charge in [-0.05, 0) is 24.5 Å². The summed E-state index contributed by atoms with van der Waals surface area (Å²) in [5, 5.41) is 0.427. The molecule has 1 aromatic heterocycles. The highest BCUT2D eigenvalue weighted by Gasteiger charge is 2.15. The molecule has 0 spiro atoms. The fourth-order valence-electron chi connectivity index (χ4n) is 1.86. The van der Waals surface area contributed by atoms with E-state index in [1.807, 2.05) is 19.9 Å². The van der Waals surface area contributed by atoms with Gasteiger partial charge in [0.1, 0.15) is 17.3 Å². The first-order chi connectivity index (χ1) is 8.50. The summed E-state index contributed by atoms with van der Waals surface area (Å²) in [6.07, 6.45) is 1.40. The van der Waals surface area contributed by atoms with Crippen LogP contribution in [0.1, 0.15) is 30.9 Å². The highest BCUT2D eigenvalue weighted by molar-refractivity contribution is 6.30. The van der Waals surface area contributed by atoms with Crippen LogP contribution in [0.5, 0.6) is 0 Å². The lowest BCUT2D eigenvalue weighted by molar-refractivity contribution is 0.619. The number of nitrogens with zero attached hydrogens (tertiary/aromatic N) is 2. The van der Waals surface area contributed by atoms with Gasteiger partial charge in [0.15, 0.2) is 0 Å². The van der Waals surface area contributed by atoms with Crippen LogP contribution in [0.4, 0.5) is 4.39 Å². The second kappa shape index (κ2) is 5.02. The van der Waals surface area contributed by atoms with Gasteiger partial charge < -0.3 is 0 Å². The largest absolute Gasteiger partial charge is 0.236 e. The second-order valence-electron chi connectivity index (χ2n) is 4.55. The molecule has 94 valence electrons. The molecule has 0 fully saturated rings. The number of hydrogen-bond donors (Lipinski definition) is 0. The van der Waals surface area contributed by atoms with Gasteiger partial charge in [0.2, 0.25) is 0 Å². The molecule has 4 heteroatoms. The van der Waals surface area contributed by atoms with Crippen molar-refractivity contribution in [3.05, 3.63) is 46.6 Å². The Labute approximate surface area is 111 Å². The lowest BCUT2D eigenvalue weighted by Crippen LogP contribution is -1.99. The number of halogens is 2. The third-order valence-corrected chi connectivity index (χ3v) is 3.16. The Morgan fingerprint density at radius 2 is 1.94 bits per heavy atom. The number of rotatable bonds is 2. The summed E-state index contributed by atoms with van der Waals surface area (Å²) in [5.74, 6) is -0.0602. The zero-order valence-electron chi connectivity index (χ0n) is 10.5. The normalized spacial score (nSPS) is 11.0. The van der Waals surface area contributed by atoms with Crippen molar-refractivity contribution in [1.82, 2.24) is 9.97 Å². The van der Waals surface area contributed by atoms with E-state index in [1.165, 1.54) is 12.4 Å². The average Bonchev–Trinajstić information content (AvgIpc) is 2.32. The van der Waals surface area contributed by atoms with Gasteiger partial charge in [-0.25, -0.2) is 14.4 Å².